The predicted molar refractivity (Wildman–Crippen MR) is 75.8 cm³/mol. The van der Waals surface area contributed by atoms with Gasteiger partial charge in [0, 0.05) is 17.9 Å². The third-order valence-electron chi connectivity index (χ3n) is 3.48. The van der Waals surface area contributed by atoms with Gasteiger partial charge < -0.3 is 10.0 Å². The minimum absolute atomic E-state index is 0.0433. The van der Waals surface area contributed by atoms with Gasteiger partial charge in [0.25, 0.3) is 5.91 Å². The molecule has 1 atom stereocenters. The Kier molecular flexibility index (Phi) is 4.04. The fraction of sp³-hybridized carbons (Fsp3) is 0.429. The highest BCUT2D eigenvalue weighted by atomic mass is 32.2. The molecule has 0 saturated heterocycles. The molecule has 1 saturated carbocycles. The van der Waals surface area contributed by atoms with Crippen molar-refractivity contribution in [3.05, 3.63) is 29.8 Å². The number of amides is 1. The lowest BCUT2D eigenvalue weighted by Gasteiger charge is -2.26. The van der Waals surface area contributed by atoms with Crippen LogP contribution in [0.3, 0.4) is 0 Å². The van der Waals surface area contributed by atoms with Gasteiger partial charge in [-0.2, -0.15) is 0 Å². The molecule has 1 amide bonds. The largest absolute Gasteiger partial charge is 0.480 e. The Balaban J connectivity index is 2.27. The number of carbonyl (C=O) groups excluding carboxylic acids is 1. The lowest BCUT2D eigenvalue weighted by Crippen LogP contribution is -2.44. The summed E-state index contributed by atoms with van der Waals surface area (Å²) in [6.07, 6.45) is 2.68. The fourth-order valence-corrected chi connectivity index (χ4v) is 2.75. The maximum absolute atomic E-state index is 12.4. The Hall–Kier alpha value is -1.89. The second kappa shape index (κ2) is 5.48. The topological polar surface area (TPSA) is 91.8 Å². The monoisotopic (exact) mass is 311 g/mol. The molecule has 0 bridgehead atoms. The van der Waals surface area contributed by atoms with Gasteiger partial charge in [0.15, 0.2) is 9.84 Å². The summed E-state index contributed by atoms with van der Waals surface area (Å²) in [5, 5.41) is 9.10. The number of hydrogen-bond donors (Lipinski definition) is 1. The van der Waals surface area contributed by atoms with Crippen LogP contribution in [0.15, 0.2) is 29.2 Å². The molecular weight excluding hydrogens is 294 g/mol. The van der Waals surface area contributed by atoms with Gasteiger partial charge in [0.2, 0.25) is 0 Å². The number of carboxylic acids is 1. The number of carboxylic acid groups (broad SMARTS) is 1. The van der Waals surface area contributed by atoms with Crippen LogP contribution >= 0.6 is 0 Å². The van der Waals surface area contributed by atoms with Crippen molar-refractivity contribution in [1.29, 1.82) is 0 Å². The maximum atomic E-state index is 12.4. The normalized spacial score (nSPS) is 16.3. The van der Waals surface area contributed by atoms with Gasteiger partial charge in [0.1, 0.15) is 6.04 Å². The molecule has 1 aromatic carbocycles. The smallest absolute Gasteiger partial charge is 0.326 e. The average Bonchev–Trinajstić information content (AvgIpc) is 3.22. The van der Waals surface area contributed by atoms with E-state index in [1.54, 1.807) is 0 Å². The van der Waals surface area contributed by atoms with Crippen molar-refractivity contribution in [2.75, 3.05) is 6.26 Å². The lowest BCUT2D eigenvalue weighted by molar-refractivity contribution is -0.141. The molecule has 0 radical (unpaired) electrons. The zero-order valence-corrected chi connectivity index (χ0v) is 12.6. The van der Waals surface area contributed by atoms with E-state index < -0.39 is 21.8 Å². The van der Waals surface area contributed by atoms with Gasteiger partial charge in [-0.15, -0.1) is 0 Å². The highest BCUT2D eigenvalue weighted by molar-refractivity contribution is 7.90. The Morgan fingerprint density at radius 2 is 1.76 bits per heavy atom. The van der Waals surface area contributed by atoms with E-state index >= 15 is 0 Å². The molecule has 1 aliphatic rings. The number of rotatable bonds is 5. The molecule has 1 N–H and O–H groups in total. The minimum atomic E-state index is -3.32. The zero-order chi connectivity index (χ0) is 15.8. The van der Waals surface area contributed by atoms with Crippen LogP contribution in [0, 0.1) is 0 Å². The molecule has 6 nitrogen and oxygen atoms in total. The van der Waals surface area contributed by atoms with Crippen LogP contribution in [0.1, 0.15) is 30.1 Å². The zero-order valence-electron chi connectivity index (χ0n) is 11.8. The first kappa shape index (κ1) is 15.5. The van der Waals surface area contributed by atoms with Gasteiger partial charge in [0.05, 0.1) is 4.90 Å². The molecule has 0 spiro atoms. The van der Waals surface area contributed by atoms with Crippen LogP contribution in [0.4, 0.5) is 0 Å². The SMILES string of the molecule is CC(C(=O)O)N(C(=O)c1ccc(S(C)(=O)=O)cc1)C1CC1. The Morgan fingerprint density at radius 3 is 2.14 bits per heavy atom. The Morgan fingerprint density at radius 1 is 1.24 bits per heavy atom. The van der Waals surface area contributed by atoms with Crippen molar-refractivity contribution < 1.29 is 23.1 Å². The van der Waals surface area contributed by atoms with Gasteiger partial charge in [-0.05, 0) is 44.0 Å². The van der Waals surface area contributed by atoms with E-state index in [2.05, 4.69) is 0 Å². The fourth-order valence-electron chi connectivity index (χ4n) is 2.12. The maximum Gasteiger partial charge on any atom is 0.326 e. The first-order valence-electron chi connectivity index (χ1n) is 6.57. The second-order valence-electron chi connectivity index (χ2n) is 5.25. The lowest BCUT2D eigenvalue weighted by atomic mass is 10.1. The van der Waals surface area contributed by atoms with E-state index in [1.165, 1.54) is 36.1 Å². The van der Waals surface area contributed by atoms with Crippen LogP contribution in [0.5, 0.6) is 0 Å². The third-order valence-corrected chi connectivity index (χ3v) is 4.61. The van der Waals surface area contributed by atoms with Crippen LogP contribution in [0.2, 0.25) is 0 Å². The summed E-state index contributed by atoms with van der Waals surface area (Å²) >= 11 is 0. The predicted octanol–water partition coefficient (Wildman–Crippen LogP) is 1.17. The van der Waals surface area contributed by atoms with Gasteiger partial charge in [-0.1, -0.05) is 0 Å². The minimum Gasteiger partial charge on any atom is -0.480 e. The summed E-state index contributed by atoms with van der Waals surface area (Å²) in [5.74, 6) is -1.43. The summed E-state index contributed by atoms with van der Waals surface area (Å²) in [6, 6.07) is 4.61. The highest BCUT2D eigenvalue weighted by Gasteiger charge is 2.38. The molecule has 7 heteroatoms. The summed E-state index contributed by atoms with van der Waals surface area (Å²) in [5.41, 5.74) is 0.294. The molecule has 1 aromatic rings. The van der Waals surface area contributed by atoms with Crippen LogP contribution in [-0.4, -0.2) is 48.6 Å². The van der Waals surface area contributed by atoms with Crippen molar-refractivity contribution in [3.63, 3.8) is 0 Å². The number of nitrogens with zero attached hydrogens (tertiary/aromatic N) is 1. The molecule has 0 heterocycles. The van der Waals surface area contributed by atoms with E-state index in [-0.39, 0.29) is 16.8 Å². The molecule has 1 unspecified atom stereocenters. The first-order valence-corrected chi connectivity index (χ1v) is 8.46. The average molecular weight is 311 g/mol. The van der Waals surface area contributed by atoms with E-state index in [9.17, 15) is 18.0 Å². The summed E-state index contributed by atoms with van der Waals surface area (Å²) < 4.78 is 22.8. The van der Waals surface area contributed by atoms with E-state index in [0.29, 0.717) is 5.56 Å². The molecule has 2 rings (SSSR count). The molecule has 0 aromatic heterocycles. The molecule has 1 aliphatic carbocycles. The first-order chi connectivity index (χ1) is 9.71. The van der Waals surface area contributed by atoms with Crippen molar-refractivity contribution in [1.82, 2.24) is 4.90 Å². The van der Waals surface area contributed by atoms with Crippen LogP contribution < -0.4 is 0 Å². The number of carbonyl (C=O) groups is 2. The van der Waals surface area contributed by atoms with E-state index in [0.717, 1.165) is 19.1 Å². The summed E-state index contributed by atoms with van der Waals surface area (Å²) in [6.45, 7) is 1.48. The second-order valence-corrected chi connectivity index (χ2v) is 7.27. The Bertz CT molecular complexity index is 661. The van der Waals surface area contributed by atoms with Crippen molar-refractivity contribution in [3.8, 4) is 0 Å². The van der Waals surface area contributed by atoms with Crippen molar-refractivity contribution >= 4 is 21.7 Å². The number of sulfone groups is 1. The standard InChI is InChI=1S/C14H17NO5S/c1-9(14(17)18)15(11-5-6-11)13(16)10-3-7-12(8-4-10)21(2,19)20/h3-4,7-9,11H,5-6H2,1-2H3,(H,17,18). The molecule has 114 valence electrons. The third kappa shape index (κ3) is 3.41. The molecule has 0 aliphatic heterocycles. The van der Waals surface area contributed by atoms with Crippen LogP contribution in [0.25, 0.3) is 0 Å². The van der Waals surface area contributed by atoms with E-state index in [4.69, 9.17) is 5.11 Å². The van der Waals surface area contributed by atoms with Crippen molar-refractivity contribution in [2.45, 2.75) is 36.7 Å². The van der Waals surface area contributed by atoms with Gasteiger partial charge in [-0.25, -0.2) is 13.2 Å². The van der Waals surface area contributed by atoms with Crippen molar-refractivity contribution in [2.24, 2.45) is 0 Å². The molecular formula is C14H17NO5S. The van der Waals surface area contributed by atoms with Crippen LogP contribution in [-0.2, 0) is 14.6 Å². The van der Waals surface area contributed by atoms with Gasteiger partial charge in [-0.3, -0.25) is 4.79 Å². The number of benzene rings is 1. The summed E-state index contributed by atoms with van der Waals surface area (Å²) in [7, 11) is -3.32. The number of hydrogen-bond acceptors (Lipinski definition) is 4. The van der Waals surface area contributed by atoms with E-state index in [1.807, 2.05) is 0 Å². The quantitative estimate of drug-likeness (QED) is 0.881. The van der Waals surface area contributed by atoms with Gasteiger partial charge >= 0.3 is 5.97 Å². The number of aliphatic carboxylic acids is 1. The molecule has 21 heavy (non-hydrogen) atoms. The Labute approximate surface area is 123 Å². The molecule has 1 fully saturated rings. The summed E-state index contributed by atoms with van der Waals surface area (Å²) in [4.78, 5) is 25.1. The highest BCUT2D eigenvalue weighted by Crippen LogP contribution is 2.30.